The molecule has 1 fully saturated rings. The third-order valence-electron chi connectivity index (χ3n) is 2.75. The molecule has 1 atom stereocenters. The van der Waals surface area contributed by atoms with E-state index in [1.807, 2.05) is 0 Å². The van der Waals surface area contributed by atoms with E-state index in [0.29, 0.717) is 5.82 Å². The highest BCUT2D eigenvalue weighted by atomic mass is 15.3. The topological polar surface area (TPSA) is 67.1 Å². The molecule has 0 radical (unpaired) electrons. The third kappa shape index (κ3) is 2.36. The van der Waals surface area contributed by atoms with E-state index in [4.69, 9.17) is 5.84 Å². The van der Waals surface area contributed by atoms with Gasteiger partial charge in [0.2, 0.25) is 0 Å². The zero-order valence-electron chi connectivity index (χ0n) is 8.98. The van der Waals surface area contributed by atoms with Crippen LogP contribution in [-0.4, -0.2) is 23.1 Å². The van der Waals surface area contributed by atoms with Gasteiger partial charge in [-0.25, -0.2) is 10.8 Å². The van der Waals surface area contributed by atoms with Crippen LogP contribution >= 0.6 is 0 Å². The van der Waals surface area contributed by atoms with E-state index in [0.717, 1.165) is 24.8 Å². The number of anilines is 2. The maximum atomic E-state index is 5.30. The molecule has 1 aliphatic heterocycles. The lowest BCUT2D eigenvalue weighted by molar-refractivity contribution is 0.444. The van der Waals surface area contributed by atoms with Gasteiger partial charge in [0.25, 0.3) is 0 Å². The molecule has 1 aliphatic rings. The summed E-state index contributed by atoms with van der Waals surface area (Å²) in [7, 11) is 0. The summed E-state index contributed by atoms with van der Waals surface area (Å²) in [4.78, 5) is 10.8. The van der Waals surface area contributed by atoms with Gasteiger partial charge >= 0.3 is 0 Å². The van der Waals surface area contributed by atoms with Crippen molar-refractivity contribution in [1.29, 1.82) is 0 Å². The summed E-state index contributed by atoms with van der Waals surface area (Å²) in [5.41, 5.74) is 2.52. The molecule has 0 spiro atoms. The zero-order valence-corrected chi connectivity index (χ0v) is 8.98. The molecule has 0 bridgehead atoms. The summed E-state index contributed by atoms with van der Waals surface area (Å²) in [6.45, 7) is 4.39. The molecule has 3 N–H and O–H groups in total. The van der Waals surface area contributed by atoms with Crippen LogP contribution in [0.4, 0.5) is 11.6 Å². The molecule has 82 valence electrons. The minimum Gasteiger partial charge on any atom is -0.355 e. The summed E-state index contributed by atoms with van der Waals surface area (Å²) in [5.74, 6) is 7.57. The fourth-order valence-electron chi connectivity index (χ4n) is 1.98. The van der Waals surface area contributed by atoms with Crippen LogP contribution in [0.25, 0.3) is 0 Å². The standard InChI is InChI=1S/C10H17N5/c1-8-3-2-4-15(7-8)10-6-12-5-9(13-10)14-11/h5-6,8H,2-4,7,11H2,1H3,(H,13,14). The lowest BCUT2D eigenvalue weighted by Gasteiger charge is -2.31. The Morgan fingerprint density at radius 2 is 2.40 bits per heavy atom. The van der Waals surface area contributed by atoms with Gasteiger partial charge in [0.05, 0.1) is 12.4 Å². The van der Waals surface area contributed by atoms with E-state index in [1.54, 1.807) is 12.4 Å². The highest BCUT2D eigenvalue weighted by Crippen LogP contribution is 2.21. The quantitative estimate of drug-likeness (QED) is 0.559. The van der Waals surface area contributed by atoms with E-state index in [2.05, 4.69) is 27.2 Å². The van der Waals surface area contributed by atoms with E-state index in [-0.39, 0.29) is 0 Å². The number of nitrogens with one attached hydrogen (secondary N) is 1. The van der Waals surface area contributed by atoms with E-state index < -0.39 is 0 Å². The predicted molar refractivity (Wildman–Crippen MR) is 60.5 cm³/mol. The summed E-state index contributed by atoms with van der Waals surface area (Å²) in [5, 5.41) is 0. The molecule has 5 heteroatoms. The average Bonchev–Trinajstić information content (AvgIpc) is 2.29. The van der Waals surface area contributed by atoms with Crippen LogP contribution in [-0.2, 0) is 0 Å². The average molecular weight is 207 g/mol. The molecule has 0 saturated carbocycles. The first-order valence-electron chi connectivity index (χ1n) is 5.33. The predicted octanol–water partition coefficient (Wildman–Crippen LogP) is 0.998. The normalized spacial score (nSPS) is 21.5. The van der Waals surface area contributed by atoms with Crippen molar-refractivity contribution in [2.75, 3.05) is 23.4 Å². The molecule has 1 unspecified atom stereocenters. The first kappa shape index (κ1) is 10.2. The summed E-state index contributed by atoms with van der Waals surface area (Å²) in [6, 6.07) is 0. The molecule has 0 amide bonds. The Hall–Kier alpha value is -1.36. The molecule has 1 aromatic rings. The van der Waals surface area contributed by atoms with Gasteiger partial charge in [-0.05, 0) is 18.8 Å². The van der Waals surface area contributed by atoms with E-state index in [9.17, 15) is 0 Å². The van der Waals surface area contributed by atoms with Crippen LogP contribution in [0.15, 0.2) is 12.4 Å². The lowest BCUT2D eigenvalue weighted by atomic mass is 10.0. The summed E-state index contributed by atoms with van der Waals surface area (Å²) >= 11 is 0. The molecule has 1 aromatic heterocycles. The number of nitrogens with zero attached hydrogens (tertiary/aromatic N) is 3. The highest BCUT2D eigenvalue weighted by molar-refractivity contribution is 5.43. The Bertz CT molecular complexity index is 327. The van der Waals surface area contributed by atoms with E-state index in [1.165, 1.54) is 12.8 Å². The van der Waals surface area contributed by atoms with Crippen LogP contribution in [0.3, 0.4) is 0 Å². The van der Waals surface area contributed by atoms with Crippen molar-refractivity contribution in [3.63, 3.8) is 0 Å². The fraction of sp³-hybridized carbons (Fsp3) is 0.600. The zero-order chi connectivity index (χ0) is 10.7. The molecular formula is C10H17N5. The molecule has 0 aliphatic carbocycles. The number of piperidine rings is 1. The number of hydrogen-bond donors (Lipinski definition) is 2. The number of nitrogens with two attached hydrogens (primary N) is 1. The van der Waals surface area contributed by atoms with Crippen molar-refractivity contribution in [3.8, 4) is 0 Å². The lowest BCUT2D eigenvalue weighted by Crippen LogP contribution is -2.35. The molecule has 2 rings (SSSR count). The highest BCUT2D eigenvalue weighted by Gasteiger charge is 2.17. The fourth-order valence-corrected chi connectivity index (χ4v) is 1.98. The second-order valence-electron chi connectivity index (χ2n) is 4.10. The van der Waals surface area contributed by atoms with Crippen LogP contribution in [0, 0.1) is 5.92 Å². The number of aromatic nitrogens is 2. The largest absolute Gasteiger partial charge is 0.355 e. The Kier molecular flexibility index (Phi) is 3.01. The Morgan fingerprint density at radius 3 is 3.13 bits per heavy atom. The maximum Gasteiger partial charge on any atom is 0.160 e. The molecule has 1 saturated heterocycles. The monoisotopic (exact) mass is 207 g/mol. The van der Waals surface area contributed by atoms with Crippen molar-refractivity contribution >= 4 is 11.6 Å². The van der Waals surface area contributed by atoms with Gasteiger partial charge in [0.15, 0.2) is 5.82 Å². The van der Waals surface area contributed by atoms with Gasteiger partial charge in [-0.15, -0.1) is 0 Å². The van der Waals surface area contributed by atoms with Gasteiger partial charge < -0.3 is 10.3 Å². The molecule has 5 nitrogen and oxygen atoms in total. The van der Waals surface area contributed by atoms with E-state index >= 15 is 0 Å². The van der Waals surface area contributed by atoms with Crippen molar-refractivity contribution in [2.24, 2.45) is 11.8 Å². The molecular weight excluding hydrogens is 190 g/mol. The first-order chi connectivity index (χ1) is 7.29. The van der Waals surface area contributed by atoms with Gasteiger partial charge in [-0.1, -0.05) is 6.92 Å². The third-order valence-corrected chi connectivity index (χ3v) is 2.75. The Morgan fingerprint density at radius 1 is 1.53 bits per heavy atom. The minimum absolute atomic E-state index is 0.616. The molecule has 2 heterocycles. The minimum atomic E-state index is 0.616. The van der Waals surface area contributed by atoms with Crippen molar-refractivity contribution in [3.05, 3.63) is 12.4 Å². The number of hydrazine groups is 1. The van der Waals surface area contributed by atoms with Crippen molar-refractivity contribution in [1.82, 2.24) is 9.97 Å². The number of hydrogen-bond acceptors (Lipinski definition) is 5. The second kappa shape index (κ2) is 4.44. The van der Waals surface area contributed by atoms with Crippen LogP contribution < -0.4 is 16.2 Å². The maximum absolute atomic E-state index is 5.30. The van der Waals surface area contributed by atoms with Crippen LogP contribution in [0.2, 0.25) is 0 Å². The van der Waals surface area contributed by atoms with Crippen molar-refractivity contribution < 1.29 is 0 Å². The summed E-state index contributed by atoms with van der Waals surface area (Å²) in [6.07, 6.45) is 5.94. The Labute approximate surface area is 89.7 Å². The molecule has 15 heavy (non-hydrogen) atoms. The van der Waals surface area contributed by atoms with Crippen LogP contribution in [0.5, 0.6) is 0 Å². The first-order valence-corrected chi connectivity index (χ1v) is 5.33. The SMILES string of the molecule is CC1CCCN(c2cncc(NN)n2)C1. The summed E-state index contributed by atoms with van der Waals surface area (Å²) < 4.78 is 0. The van der Waals surface area contributed by atoms with Crippen LogP contribution in [0.1, 0.15) is 19.8 Å². The Balaban J connectivity index is 2.13. The smallest absolute Gasteiger partial charge is 0.160 e. The number of rotatable bonds is 2. The molecule has 0 aromatic carbocycles. The van der Waals surface area contributed by atoms with Gasteiger partial charge in [0, 0.05) is 13.1 Å². The van der Waals surface area contributed by atoms with Gasteiger partial charge in [-0.2, -0.15) is 0 Å². The number of nitrogen functional groups attached to an aromatic ring is 1. The van der Waals surface area contributed by atoms with Gasteiger partial charge in [0.1, 0.15) is 5.82 Å². The van der Waals surface area contributed by atoms with Crippen molar-refractivity contribution in [2.45, 2.75) is 19.8 Å². The van der Waals surface area contributed by atoms with Gasteiger partial charge in [-0.3, -0.25) is 4.98 Å². The second-order valence-corrected chi connectivity index (χ2v) is 4.10.